The van der Waals surface area contributed by atoms with E-state index in [1.807, 2.05) is 0 Å². The summed E-state index contributed by atoms with van der Waals surface area (Å²) in [6.45, 7) is -0.0297. The van der Waals surface area contributed by atoms with Crippen LogP contribution in [0.3, 0.4) is 0 Å². The maximum absolute atomic E-state index is 13.3. The number of sulfonamides is 1. The van der Waals surface area contributed by atoms with Crippen LogP contribution < -0.4 is 10.5 Å². The van der Waals surface area contributed by atoms with E-state index in [2.05, 4.69) is 14.7 Å². The normalized spacial score (nSPS) is 11.7. The fourth-order valence-corrected chi connectivity index (χ4v) is 2.55. The first-order chi connectivity index (χ1) is 9.03. The Bertz CT molecular complexity index is 655. The van der Waals surface area contributed by atoms with Crippen molar-refractivity contribution in [3.05, 3.63) is 47.8 Å². The van der Waals surface area contributed by atoms with Crippen LogP contribution in [-0.4, -0.2) is 18.4 Å². The minimum atomic E-state index is -3.72. The fourth-order valence-electron chi connectivity index (χ4n) is 1.52. The maximum Gasteiger partial charge on any atom is 0.240 e. The van der Waals surface area contributed by atoms with E-state index in [0.29, 0.717) is 5.82 Å². The van der Waals surface area contributed by atoms with Crippen LogP contribution in [-0.2, 0) is 23.1 Å². The Labute approximate surface area is 109 Å². The molecule has 6 nitrogen and oxygen atoms in total. The van der Waals surface area contributed by atoms with E-state index in [9.17, 15) is 12.8 Å². The number of nitrogens with zero attached hydrogens (tertiary/aromatic N) is 1. The lowest BCUT2D eigenvalue weighted by Gasteiger charge is -2.07. The molecule has 0 aliphatic rings. The number of hydrogen-bond donors (Lipinski definition) is 3. The lowest BCUT2D eigenvalue weighted by Crippen LogP contribution is -2.24. The zero-order valence-electron chi connectivity index (χ0n) is 9.93. The van der Waals surface area contributed by atoms with Crippen molar-refractivity contribution in [1.82, 2.24) is 14.7 Å². The summed E-state index contributed by atoms with van der Waals surface area (Å²) in [6.07, 6.45) is 3.11. The van der Waals surface area contributed by atoms with Crippen molar-refractivity contribution < 1.29 is 12.8 Å². The summed E-state index contributed by atoms with van der Waals surface area (Å²) in [5, 5.41) is 0. The Morgan fingerprint density at radius 3 is 2.84 bits per heavy atom. The molecule has 0 bridgehead atoms. The molecule has 0 saturated carbocycles. The molecule has 1 heterocycles. The summed E-state index contributed by atoms with van der Waals surface area (Å²) >= 11 is 0. The number of benzene rings is 1. The van der Waals surface area contributed by atoms with Crippen molar-refractivity contribution in [2.75, 3.05) is 0 Å². The molecule has 0 unspecified atom stereocenters. The van der Waals surface area contributed by atoms with Gasteiger partial charge in [-0.25, -0.2) is 22.5 Å². The molecule has 102 valence electrons. The van der Waals surface area contributed by atoms with Gasteiger partial charge in [0, 0.05) is 24.5 Å². The van der Waals surface area contributed by atoms with Gasteiger partial charge in [-0.2, -0.15) is 0 Å². The maximum atomic E-state index is 13.3. The molecule has 0 amide bonds. The van der Waals surface area contributed by atoms with Gasteiger partial charge in [-0.05, 0) is 18.2 Å². The number of H-pyrrole nitrogens is 1. The second kappa shape index (κ2) is 5.47. The van der Waals surface area contributed by atoms with Crippen LogP contribution in [0.2, 0.25) is 0 Å². The summed E-state index contributed by atoms with van der Waals surface area (Å²) in [5.74, 6) is -0.0304. The Morgan fingerprint density at radius 2 is 2.21 bits per heavy atom. The molecule has 2 rings (SSSR count). The van der Waals surface area contributed by atoms with Gasteiger partial charge in [0.2, 0.25) is 10.0 Å². The van der Waals surface area contributed by atoms with Crippen molar-refractivity contribution in [2.24, 2.45) is 5.73 Å². The van der Waals surface area contributed by atoms with Crippen LogP contribution in [0.5, 0.6) is 0 Å². The minimum absolute atomic E-state index is 0.0269. The van der Waals surface area contributed by atoms with E-state index in [0.717, 1.165) is 6.07 Å². The zero-order valence-corrected chi connectivity index (χ0v) is 10.7. The molecule has 0 fully saturated rings. The molecule has 4 N–H and O–H groups in total. The smallest absolute Gasteiger partial charge is 0.240 e. The molecule has 1 aromatic carbocycles. The largest absolute Gasteiger partial charge is 0.347 e. The molecule has 0 aliphatic carbocycles. The fraction of sp³-hybridized carbons (Fsp3) is 0.182. The van der Waals surface area contributed by atoms with E-state index < -0.39 is 15.8 Å². The molecule has 0 spiro atoms. The Balaban J connectivity index is 2.19. The van der Waals surface area contributed by atoms with Gasteiger partial charge in [-0.15, -0.1) is 0 Å². The minimum Gasteiger partial charge on any atom is -0.347 e. The first-order valence-electron chi connectivity index (χ1n) is 5.49. The highest BCUT2D eigenvalue weighted by Crippen LogP contribution is 2.14. The molecule has 8 heteroatoms. The van der Waals surface area contributed by atoms with Crippen molar-refractivity contribution in [3.8, 4) is 0 Å². The second-order valence-corrected chi connectivity index (χ2v) is 5.58. The number of nitrogens with one attached hydrogen (secondary N) is 2. The molecule has 0 radical (unpaired) electrons. The molecular formula is C11H13FN4O2S. The third kappa shape index (κ3) is 3.16. The molecule has 19 heavy (non-hydrogen) atoms. The number of aromatic nitrogens is 2. The Kier molecular flexibility index (Phi) is 3.93. The average Bonchev–Trinajstić information content (AvgIpc) is 2.90. The van der Waals surface area contributed by atoms with E-state index in [1.54, 1.807) is 6.20 Å². The summed E-state index contributed by atoms with van der Waals surface area (Å²) in [5.41, 5.74) is 5.50. The van der Waals surface area contributed by atoms with Gasteiger partial charge in [0.1, 0.15) is 11.6 Å². The van der Waals surface area contributed by atoms with Crippen LogP contribution >= 0.6 is 0 Å². The first kappa shape index (κ1) is 13.7. The number of imidazole rings is 1. The van der Waals surface area contributed by atoms with Gasteiger partial charge in [-0.3, -0.25) is 0 Å². The van der Waals surface area contributed by atoms with Crippen molar-refractivity contribution >= 4 is 10.0 Å². The molecule has 0 saturated heterocycles. The average molecular weight is 284 g/mol. The molecule has 1 aromatic heterocycles. The number of hydrogen-bond acceptors (Lipinski definition) is 4. The zero-order chi connectivity index (χ0) is 13.9. The second-order valence-electron chi connectivity index (χ2n) is 3.82. The van der Waals surface area contributed by atoms with E-state index in [4.69, 9.17) is 5.73 Å². The summed E-state index contributed by atoms with van der Waals surface area (Å²) < 4.78 is 39.6. The Morgan fingerprint density at radius 1 is 1.42 bits per heavy atom. The van der Waals surface area contributed by atoms with Crippen LogP contribution in [0.25, 0.3) is 0 Å². The molecule has 0 aliphatic heterocycles. The lowest BCUT2D eigenvalue weighted by molar-refractivity contribution is 0.577. The molecule has 2 aromatic rings. The van der Waals surface area contributed by atoms with Gasteiger partial charge in [-0.1, -0.05) is 0 Å². The Hall–Kier alpha value is -1.77. The molecule has 0 atom stereocenters. The summed E-state index contributed by atoms with van der Waals surface area (Å²) in [6, 6.07) is 3.50. The van der Waals surface area contributed by atoms with Crippen LogP contribution in [0.15, 0.2) is 35.5 Å². The number of nitrogens with two attached hydrogens (primary N) is 1. The van der Waals surface area contributed by atoms with Crippen LogP contribution in [0.4, 0.5) is 4.39 Å². The standard InChI is InChI=1S/C11H13FN4O2S/c12-10-2-1-9(5-8(10)6-13)19(17,18)16-7-11-14-3-4-15-11/h1-5,16H,6-7,13H2,(H,14,15). The van der Waals surface area contributed by atoms with Crippen molar-refractivity contribution in [2.45, 2.75) is 18.0 Å². The van der Waals surface area contributed by atoms with Crippen molar-refractivity contribution in [1.29, 1.82) is 0 Å². The predicted octanol–water partition coefficient (Wildman–Crippen LogP) is 0.486. The molecular weight excluding hydrogens is 271 g/mol. The van der Waals surface area contributed by atoms with Crippen molar-refractivity contribution in [3.63, 3.8) is 0 Å². The number of halogens is 1. The van der Waals surface area contributed by atoms with Gasteiger partial charge in [0.25, 0.3) is 0 Å². The SMILES string of the molecule is NCc1cc(S(=O)(=O)NCc2ncc[nH]2)ccc1F. The third-order valence-corrected chi connectivity index (χ3v) is 3.93. The van der Waals surface area contributed by atoms with Crippen LogP contribution in [0.1, 0.15) is 11.4 Å². The van der Waals surface area contributed by atoms with E-state index in [-0.39, 0.29) is 23.5 Å². The topological polar surface area (TPSA) is 101 Å². The highest BCUT2D eigenvalue weighted by atomic mass is 32.2. The third-order valence-electron chi connectivity index (χ3n) is 2.53. The monoisotopic (exact) mass is 284 g/mol. The quantitative estimate of drug-likeness (QED) is 0.743. The van der Waals surface area contributed by atoms with Gasteiger partial charge < -0.3 is 10.7 Å². The number of aromatic amines is 1. The van der Waals surface area contributed by atoms with Gasteiger partial charge in [0.05, 0.1) is 11.4 Å². The van der Waals surface area contributed by atoms with Gasteiger partial charge >= 0.3 is 0 Å². The predicted molar refractivity (Wildman–Crippen MR) is 66.9 cm³/mol. The van der Waals surface area contributed by atoms with E-state index in [1.165, 1.54) is 18.3 Å². The highest BCUT2D eigenvalue weighted by molar-refractivity contribution is 7.89. The lowest BCUT2D eigenvalue weighted by atomic mass is 10.2. The van der Waals surface area contributed by atoms with Gasteiger partial charge in [0.15, 0.2) is 0 Å². The first-order valence-corrected chi connectivity index (χ1v) is 6.97. The summed E-state index contributed by atoms with van der Waals surface area (Å²) in [7, 11) is -3.72. The van der Waals surface area contributed by atoms with Crippen LogP contribution in [0, 0.1) is 5.82 Å². The number of rotatable bonds is 5. The van der Waals surface area contributed by atoms with E-state index >= 15 is 0 Å². The summed E-state index contributed by atoms with van der Waals surface area (Å²) in [4.78, 5) is 6.65. The highest BCUT2D eigenvalue weighted by Gasteiger charge is 2.16.